The fraction of sp³-hybridized carbons (Fsp3) is 0.278. The van der Waals surface area contributed by atoms with Crippen molar-refractivity contribution in [3.63, 3.8) is 0 Å². The van der Waals surface area contributed by atoms with Crippen LogP contribution >= 0.6 is 0 Å². The highest BCUT2D eigenvalue weighted by Gasteiger charge is 2.08. The molecule has 116 valence electrons. The van der Waals surface area contributed by atoms with Crippen molar-refractivity contribution in [1.82, 2.24) is 4.90 Å². The molecule has 0 spiro atoms. The van der Waals surface area contributed by atoms with Crippen LogP contribution in [0.5, 0.6) is 5.75 Å². The van der Waals surface area contributed by atoms with Gasteiger partial charge in [0.05, 0.1) is 12.8 Å². The first-order valence-corrected chi connectivity index (χ1v) is 7.34. The number of para-hydroxylation sites is 2. The number of rotatable bonds is 7. The van der Waals surface area contributed by atoms with Crippen LogP contribution in [0.2, 0.25) is 0 Å². The number of nitrogens with zero attached hydrogens (tertiary/aromatic N) is 1. The van der Waals surface area contributed by atoms with E-state index in [1.807, 2.05) is 49.5 Å². The van der Waals surface area contributed by atoms with Crippen LogP contribution in [-0.4, -0.2) is 31.5 Å². The van der Waals surface area contributed by atoms with Crippen LogP contribution in [0.15, 0.2) is 54.6 Å². The minimum absolute atomic E-state index is 0.00980. The molecule has 2 aromatic carbocycles. The molecule has 0 atom stereocenters. The number of amides is 1. The van der Waals surface area contributed by atoms with Crippen molar-refractivity contribution in [2.75, 3.05) is 26.0 Å². The van der Waals surface area contributed by atoms with Gasteiger partial charge in [0.15, 0.2) is 0 Å². The number of ether oxygens (including phenoxy) is 1. The monoisotopic (exact) mass is 298 g/mol. The van der Waals surface area contributed by atoms with Gasteiger partial charge in [-0.1, -0.05) is 42.5 Å². The fourth-order valence-corrected chi connectivity index (χ4v) is 2.23. The van der Waals surface area contributed by atoms with Crippen molar-refractivity contribution >= 4 is 11.6 Å². The number of methoxy groups -OCH3 is 1. The summed E-state index contributed by atoms with van der Waals surface area (Å²) < 4.78 is 5.23. The van der Waals surface area contributed by atoms with E-state index in [4.69, 9.17) is 4.74 Å². The Morgan fingerprint density at radius 3 is 2.50 bits per heavy atom. The lowest BCUT2D eigenvalue weighted by Crippen LogP contribution is -2.24. The maximum Gasteiger partial charge on any atom is 0.225 e. The number of carbonyl (C=O) groups is 1. The predicted octanol–water partition coefficient (Wildman–Crippen LogP) is 3.16. The van der Waals surface area contributed by atoms with Crippen LogP contribution in [0.1, 0.15) is 12.0 Å². The third kappa shape index (κ3) is 4.90. The van der Waals surface area contributed by atoms with E-state index in [9.17, 15) is 4.79 Å². The van der Waals surface area contributed by atoms with Gasteiger partial charge in [0.1, 0.15) is 5.75 Å². The van der Waals surface area contributed by atoms with Crippen LogP contribution in [0.25, 0.3) is 0 Å². The molecule has 0 saturated heterocycles. The maximum absolute atomic E-state index is 12.0. The first-order chi connectivity index (χ1) is 10.7. The molecular weight excluding hydrogens is 276 g/mol. The van der Waals surface area contributed by atoms with Crippen molar-refractivity contribution in [1.29, 1.82) is 0 Å². The summed E-state index contributed by atoms with van der Waals surface area (Å²) in [5.41, 5.74) is 1.95. The second kappa shape index (κ2) is 8.20. The highest BCUT2D eigenvalue weighted by molar-refractivity contribution is 5.92. The van der Waals surface area contributed by atoms with Crippen molar-refractivity contribution in [3.8, 4) is 5.75 Å². The molecule has 0 saturated carbocycles. The normalized spacial score (nSPS) is 10.5. The van der Waals surface area contributed by atoms with Gasteiger partial charge in [0.25, 0.3) is 0 Å². The Balaban J connectivity index is 1.80. The van der Waals surface area contributed by atoms with E-state index in [1.165, 1.54) is 5.56 Å². The van der Waals surface area contributed by atoms with E-state index in [2.05, 4.69) is 22.3 Å². The highest BCUT2D eigenvalue weighted by Crippen LogP contribution is 2.23. The van der Waals surface area contributed by atoms with E-state index in [-0.39, 0.29) is 5.91 Å². The van der Waals surface area contributed by atoms with Crippen LogP contribution in [0, 0.1) is 0 Å². The lowest BCUT2D eigenvalue weighted by Gasteiger charge is -2.16. The molecule has 0 radical (unpaired) electrons. The molecular formula is C18H22N2O2. The summed E-state index contributed by atoms with van der Waals surface area (Å²) in [5, 5.41) is 2.89. The van der Waals surface area contributed by atoms with E-state index >= 15 is 0 Å². The van der Waals surface area contributed by atoms with E-state index in [0.29, 0.717) is 24.4 Å². The number of carbonyl (C=O) groups excluding carboxylic acids is 1. The molecule has 22 heavy (non-hydrogen) atoms. The van der Waals surface area contributed by atoms with Crippen molar-refractivity contribution < 1.29 is 9.53 Å². The number of benzene rings is 2. The zero-order valence-corrected chi connectivity index (χ0v) is 13.1. The van der Waals surface area contributed by atoms with E-state index in [0.717, 1.165) is 6.54 Å². The summed E-state index contributed by atoms with van der Waals surface area (Å²) in [7, 11) is 3.61. The van der Waals surface area contributed by atoms with Gasteiger partial charge in [-0.3, -0.25) is 4.79 Å². The fourth-order valence-electron chi connectivity index (χ4n) is 2.23. The van der Waals surface area contributed by atoms with E-state index in [1.54, 1.807) is 7.11 Å². The maximum atomic E-state index is 12.0. The van der Waals surface area contributed by atoms with Crippen LogP contribution in [-0.2, 0) is 11.3 Å². The molecule has 1 amide bonds. The Bertz CT molecular complexity index is 599. The summed E-state index contributed by atoms with van der Waals surface area (Å²) in [6.45, 7) is 1.54. The van der Waals surface area contributed by atoms with Gasteiger partial charge in [-0.15, -0.1) is 0 Å². The summed E-state index contributed by atoms with van der Waals surface area (Å²) in [5.74, 6) is 0.665. The minimum atomic E-state index is -0.00980. The number of hydrogen-bond donors (Lipinski definition) is 1. The molecule has 1 N–H and O–H groups in total. The van der Waals surface area contributed by atoms with Gasteiger partial charge in [0, 0.05) is 19.5 Å². The topological polar surface area (TPSA) is 41.6 Å². The molecule has 0 aliphatic carbocycles. The highest BCUT2D eigenvalue weighted by atomic mass is 16.5. The Morgan fingerprint density at radius 2 is 1.77 bits per heavy atom. The summed E-state index contributed by atoms with van der Waals surface area (Å²) in [4.78, 5) is 14.2. The van der Waals surface area contributed by atoms with Crippen LogP contribution in [0.4, 0.5) is 5.69 Å². The lowest BCUT2D eigenvalue weighted by atomic mass is 10.2. The molecule has 0 unspecified atom stereocenters. The Labute approximate surface area is 131 Å². The molecule has 0 aliphatic rings. The van der Waals surface area contributed by atoms with Crippen LogP contribution < -0.4 is 10.1 Å². The smallest absolute Gasteiger partial charge is 0.225 e. The van der Waals surface area contributed by atoms with Gasteiger partial charge in [0.2, 0.25) is 5.91 Å². The third-order valence-electron chi connectivity index (χ3n) is 3.40. The number of anilines is 1. The first kappa shape index (κ1) is 16.0. The summed E-state index contributed by atoms with van der Waals surface area (Å²) in [6.07, 6.45) is 0.446. The lowest BCUT2D eigenvalue weighted by molar-refractivity contribution is -0.116. The predicted molar refractivity (Wildman–Crippen MR) is 89.0 cm³/mol. The standard InChI is InChI=1S/C18H22N2O2/c1-20(14-15-8-4-3-5-9-15)13-12-18(21)19-16-10-6-7-11-17(16)22-2/h3-11H,12-14H2,1-2H3,(H,19,21). The zero-order chi connectivity index (χ0) is 15.8. The average molecular weight is 298 g/mol. The molecule has 2 rings (SSSR count). The second-order valence-corrected chi connectivity index (χ2v) is 5.22. The molecule has 0 bridgehead atoms. The molecule has 0 aromatic heterocycles. The Kier molecular flexibility index (Phi) is 5.98. The van der Waals surface area contributed by atoms with Gasteiger partial charge in [-0.2, -0.15) is 0 Å². The van der Waals surface area contributed by atoms with Crippen molar-refractivity contribution in [3.05, 3.63) is 60.2 Å². The molecule has 0 aliphatic heterocycles. The number of hydrogen-bond acceptors (Lipinski definition) is 3. The summed E-state index contributed by atoms with van der Waals surface area (Å²) >= 11 is 0. The Morgan fingerprint density at radius 1 is 1.09 bits per heavy atom. The van der Waals surface area contributed by atoms with Crippen molar-refractivity contribution in [2.24, 2.45) is 0 Å². The largest absolute Gasteiger partial charge is 0.495 e. The number of nitrogens with one attached hydrogen (secondary N) is 1. The molecule has 0 heterocycles. The minimum Gasteiger partial charge on any atom is -0.495 e. The van der Waals surface area contributed by atoms with Crippen LogP contribution in [0.3, 0.4) is 0 Å². The van der Waals surface area contributed by atoms with Gasteiger partial charge >= 0.3 is 0 Å². The summed E-state index contributed by atoms with van der Waals surface area (Å²) in [6, 6.07) is 17.7. The quantitative estimate of drug-likeness (QED) is 0.853. The SMILES string of the molecule is COc1ccccc1NC(=O)CCN(C)Cc1ccccc1. The molecule has 4 heteroatoms. The third-order valence-corrected chi connectivity index (χ3v) is 3.40. The zero-order valence-electron chi connectivity index (χ0n) is 13.1. The second-order valence-electron chi connectivity index (χ2n) is 5.22. The van der Waals surface area contributed by atoms with Crippen molar-refractivity contribution in [2.45, 2.75) is 13.0 Å². The molecule has 2 aromatic rings. The van der Waals surface area contributed by atoms with Gasteiger partial charge in [-0.25, -0.2) is 0 Å². The van der Waals surface area contributed by atoms with E-state index < -0.39 is 0 Å². The van der Waals surface area contributed by atoms with Gasteiger partial charge < -0.3 is 15.0 Å². The Hall–Kier alpha value is -2.33. The molecule has 0 fully saturated rings. The molecule has 4 nitrogen and oxygen atoms in total. The average Bonchev–Trinajstić information content (AvgIpc) is 2.54. The van der Waals surface area contributed by atoms with Gasteiger partial charge in [-0.05, 0) is 24.7 Å². The first-order valence-electron chi connectivity index (χ1n) is 7.34.